The molecule has 0 aliphatic carbocycles. The monoisotopic (exact) mass is 449 g/mol. The molecule has 30 heavy (non-hydrogen) atoms. The molecule has 3 rings (SSSR count). The average Bonchev–Trinajstić information content (AvgIpc) is 3.14. The zero-order valence-electron chi connectivity index (χ0n) is 16.8. The van der Waals surface area contributed by atoms with Crippen molar-refractivity contribution in [2.45, 2.75) is 11.8 Å². The molecule has 0 aliphatic heterocycles. The fourth-order valence-electron chi connectivity index (χ4n) is 2.53. The zero-order chi connectivity index (χ0) is 20.8. The standard InChI is InChI=1S/C19H17N5O3S2.Na/c1-12-9-14(24(2)3)7-8-17(12)21-22-19-16(11-20)18(23-28-19)13-5-4-6-15(10-13)29-27-26-25;/h4-10,25H,1-3H3;/q;+1/p-1. The van der Waals surface area contributed by atoms with E-state index in [1.165, 1.54) is 0 Å². The molecule has 0 spiro atoms. The maximum absolute atomic E-state index is 10.0. The van der Waals surface area contributed by atoms with Gasteiger partial charge in [0.05, 0.1) is 17.7 Å². The Bertz CT molecular complexity index is 1080. The molecule has 0 aliphatic rings. The van der Waals surface area contributed by atoms with E-state index in [1.54, 1.807) is 18.2 Å². The minimum Gasteiger partial charge on any atom is -0.691 e. The van der Waals surface area contributed by atoms with Crippen LogP contribution in [0.15, 0.2) is 57.6 Å². The second-order valence-corrected chi connectivity index (χ2v) is 7.66. The third-order valence-electron chi connectivity index (χ3n) is 4.00. The van der Waals surface area contributed by atoms with Crippen molar-refractivity contribution in [1.82, 2.24) is 4.37 Å². The van der Waals surface area contributed by atoms with Crippen molar-refractivity contribution in [2.24, 2.45) is 10.2 Å². The van der Waals surface area contributed by atoms with Crippen molar-refractivity contribution in [3.05, 3.63) is 53.6 Å². The average molecular weight is 449 g/mol. The van der Waals surface area contributed by atoms with Crippen molar-refractivity contribution in [1.29, 1.82) is 5.26 Å². The molecule has 0 N–H and O–H groups in total. The second kappa shape index (κ2) is 11.5. The van der Waals surface area contributed by atoms with Gasteiger partial charge in [-0.15, -0.1) is 10.2 Å². The van der Waals surface area contributed by atoms with E-state index in [9.17, 15) is 10.5 Å². The molecule has 148 valence electrons. The fraction of sp³-hybridized carbons (Fsp3) is 0.158. The van der Waals surface area contributed by atoms with Crippen LogP contribution in [0.25, 0.3) is 11.3 Å². The smallest absolute Gasteiger partial charge is 0.691 e. The van der Waals surface area contributed by atoms with Gasteiger partial charge in [0.15, 0.2) is 5.00 Å². The molecule has 0 atom stereocenters. The van der Waals surface area contributed by atoms with Gasteiger partial charge in [0.2, 0.25) is 0 Å². The first-order valence-corrected chi connectivity index (χ1v) is 9.88. The summed E-state index contributed by atoms with van der Waals surface area (Å²) in [4.78, 5) is 2.65. The van der Waals surface area contributed by atoms with Gasteiger partial charge >= 0.3 is 29.6 Å². The number of hydrogen-bond donors (Lipinski definition) is 0. The largest absolute Gasteiger partial charge is 1.00 e. The van der Waals surface area contributed by atoms with Crippen molar-refractivity contribution in [3.8, 4) is 17.3 Å². The molecule has 0 amide bonds. The van der Waals surface area contributed by atoms with Crippen LogP contribution in [0.5, 0.6) is 0 Å². The van der Waals surface area contributed by atoms with E-state index in [1.807, 2.05) is 50.2 Å². The number of aromatic nitrogens is 1. The predicted octanol–water partition coefficient (Wildman–Crippen LogP) is 1.71. The Morgan fingerprint density at radius 3 is 2.67 bits per heavy atom. The Kier molecular flexibility index (Phi) is 9.41. The molecule has 11 heteroatoms. The molecule has 3 aromatic rings. The molecule has 0 radical (unpaired) electrons. The molecule has 2 aromatic carbocycles. The van der Waals surface area contributed by atoms with E-state index in [2.05, 4.69) is 30.0 Å². The van der Waals surface area contributed by atoms with E-state index in [-0.39, 0.29) is 29.6 Å². The Balaban J connectivity index is 0.00000320. The van der Waals surface area contributed by atoms with Gasteiger partial charge in [-0.05, 0) is 54.4 Å². The molecule has 1 heterocycles. The van der Waals surface area contributed by atoms with Crippen molar-refractivity contribution < 1.29 is 44.2 Å². The van der Waals surface area contributed by atoms with E-state index in [0.29, 0.717) is 26.7 Å². The SMILES string of the molecule is Cc1cc(N(C)C)ccc1N=Nc1snc(-c2cccc(SOO[O-])c2)c1C#N.[Na+]. The third-order valence-corrected chi connectivity index (χ3v) is 5.30. The minimum atomic E-state index is 0. The van der Waals surface area contributed by atoms with E-state index < -0.39 is 0 Å². The van der Waals surface area contributed by atoms with Gasteiger partial charge < -0.3 is 10.2 Å². The molecule has 0 fully saturated rings. The number of benzene rings is 2. The first-order chi connectivity index (χ1) is 14.0. The summed E-state index contributed by atoms with van der Waals surface area (Å²) in [5.74, 6) is 0. The Hall–Kier alpha value is -1.81. The van der Waals surface area contributed by atoms with E-state index in [0.717, 1.165) is 40.5 Å². The van der Waals surface area contributed by atoms with Crippen LogP contribution in [0, 0.1) is 18.3 Å². The molecule has 1 aromatic heterocycles. The summed E-state index contributed by atoms with van der Waals surface area (Å²) in [5, 5.41) is 32.0. The molecule has 0 bridgehead atoms. The number of rotatable bonds is 7. The predicted molar refractivity (Wildman–Crippen MR) is 110 cm³/mol. The summed E-state index contributed by atoms with van der Waals surface area (Å²) in [6.07, 6.45) is 0. The molecule has 8 nitrogen and oxygen atoms in total. The quantitative estimate of drug-likeness (QED) is 0.178. The number of hydrogen-bond acceptors (Lipinski definition) is 10. The van der Waals surface area contributed by atoms with Crippen LogP contribution in [0.1, 0.15) is 11.1 Å². The second-order valence-electron chi connectivity index (χ2n) is 6.14. The molecule has 0 saturated carbocycles. The van der Waals surface area contributed by atoms with Crippen LogP contribution in [0.3, 0.4) is 0 Å². The van der Waals surface area contributed by atoms with E-state index >= 15 is 0 Å². The molecule has 0 unspecified atom stereocenters. The normalized spacial score (nSPS) is 10.6. The molecular formula is C19H16N5NaO3S2. The first kappa shape index (κ1) is 24.5. The van der Waals surface area contributed by atoms with Gasteiger partial charge in [0.25, 0.3) is 0 Å². The van der Waals surface area contributed by atoms with Gasteiger partial charge in [-0.25, -0.2) is 0 Å². The van der Waals surface area contributed by atoms with Crippen LogP contribution in [-0.2, 0) is 9.37 Å². The van der Waals surface area contributed by atoms with Crippen LogP contribution in [-0.4, -0.2) is 18.5 Å². The van der Waals surface area contributed by atoms with Gasteiger partial charge in [-0.2, -0.15) is 14.0 Å². The fourth-order valence-corrected chi connectivity index (χ4v) is 3.63. The summed E-state index contributed by atoms with van der Waals surface area (Å²) < 4.78 is 8.70. The Morgan fingerprint density at radius 2 is 2.00 bits per heavy atom. The third kappa shape index (κ3) is 5.87. The number of anilines is 1. The van der Waals surface area contributed by atoms with Crippen molar-refractivity contribution in [2.75, 3.05) is 19.0 Å². The van der Waals surface area contributed by atoms with Crippen LogP contribution >= 0.6 is 23.6 Å². The topological polar surface area (TPSA) is 106 Å². The van der Waals surface area contributed by atoms with Crippen molar-refractivity contribution in [3.63, 3.8) is 0 Å². The van der Waals surface area contributed by atoms with Gasteiger partial charge in [-0.1, -0.05) is 12.1 Å². The number of nitriles is 1. The summed E-state index contributed by atoms with van der Waals surface area (Å²) in [7, 11) is 3.95. The number of nitrogens with zero attached hydrogens (tertiary/aromatic N) is 5. The van der Waals surface area contributed by atoms with Gasteiger partial charge in [-0.3, -0.25) is 5.04 Å². The van der Waals surface area contributed by atoms with Gasteiger partial charge in [0, 0.05) is 30.2 Å². The number of azo groups is 1. The summed E-state index contributed by atoms with van der Waals surface area (Å²) in [5.41, 5.74) is 4.31. The number of aryl methyl sites for hydroxylation is 1. The Morgan fingerprint density at radius 1 is 1.20 bits per heavy atom. The van der Waals surface area contributed by atoms with Crippen LogP contribution in [0.4, 0.5) is 16.4 Å². The van der Waals surface area contributed by atoms with Crippen LogP contribution < -0.4 is 39.7 Å². The zero-order valence-corrected chi connectivity index (χ0v) is 20.5. The molecular weight excluding hydrogens is 433 g/mol. The van der Waals surface area contributed by atoms with Crippen molar-refractivity contribution >= 4 is 40.0 Å². The van der Waals surface area contributed by atoms with E-state index in [4.69, 9.17) is 0 Å². The summed E-state index contributed by atoms with van der Waals surface area (Å²) in [6, 6.07) is 15.1. The Labute approximate surface area is 204 Å². The summed E-state index contributed by atoms with van der Waals surface area (Å²) >= 11 is 1.87. The van der Waals surface area contributed by atoms with Crippen LogP contribution in [0.2, 0.25) is 0 Å². The van der Waals surface area contributed by atoms with Gasteiger partial charge in [0.1, 0.15) is 17.3 Å². The first-order valence-electron chi connectivity index (χ1n) is 8.36. The summed E-state index contributed by atoms with van der Waals surface area (Å²) in [6.45, 7) is 1.96. The maximum Gasteiger partial charge on any atom is 1.00 e. The molecule has 0 saturated heterocycles. The maximum atomic E-state index is 10.0. The minimum absolute atomic E-state index is 0.